The maximum atomic E-state index is 9.68. The first-order valence-electron chi connectivity index (χ1n) is 7.18. The van der Waals surface area contributed by atoms with Crippen LogP contribution in [0.3, 0.4) is 0 Å². The minimum atomic E-state index is 0.283. The van der Waals surface area contributed by atoms with Gasteiger partial charge in [0, 0.05) is 30.2 Å². The van der Waals surface area contributed by atoms with E-state index in [1.807, 2.05) is 18.3 Å². The van der Waals surface area contributed by atoms with Crippen LogP contribution < -0.4 is 5.32 Å². The molecule has 2 heterocycles. The molecule has 1 fully saturated rings. The van der Waals surface area contributed by atoms with Gasteiger partial charge in [0.25, 0.3) is 0 Å². The van der Waals surface area contributed by atoms with E-state index in [2.05, 4.69) is 29.2 Å². The summed E-state index contributed by atoms with van der Waals surface area (Å²) in [6, 6.07) is 8.42. The largest absolute Gasteiger partial charge is 0.508 e. The summed E-state index contributed by atoms with van der Waals surface area (Å²) in [7, 11) is 2.18. The number of nitrogens with zero attached hydrogens (tertiary/aromatic N) is 2. The van der Waals surface area contributed by atoms with Crippen molar-refractivity contribution in [1.82, 2.24) is 9.88 Å². The summed E-state index contributed by atoms with van der Waals surface area (Å²) in [5.74, 6) is 1.16. The second-order valence-corrected chi connectivity index (χ2v) is 5.76. The Bertz CT molecular complexity index is 614. The molecule has 2 atom stereocenters. The lowest BCUT2D eigenvalue weighted by atomic mass is 9.98. The molecular weight excluding hydrogens is 250 g/mol. The van der Waals surface area contributed by atoms with E-state index in [0.29, 0.717) is 12.1 Å². The monoisotopic (exact) mass is 271 g/mol. The van der Waals surface area contributed by atoms with Crippen molar-refractivity contribution in [3.05, 3.63) is 30.5 Å². The molecule has 4 heteroatoms. The zero-order valence-corrected chi connectivity index (χ0v) is 12.0. The molecule has 3 rings (SSSR count). The highest BCUT2D eigenvalue weighted by atomic mass is 16.3. The van der Waals surface area contributed by atoms with Gasteiger partial charge in [0.15, 0.2) is 0 Å². The Morgan fingerprint density at radius 1 is 1.35 bits per heavy atom. The first-order valence-corrected chi connectivity index (χ1v) is 7.18. The summed E-state index contributed by atoms with van der Waals surface area (Å²) in [4.78, 5) is 6.84. The first kappa shape index (κ1) is 13.2. The van der Waals surface area contributed by atoms with Crippen LogP contribution in [0, 0.1) is 0 Å². The van der Waals surface area contributed by atoms with Crippen molar-refractivity contribution in [2.45, 2.75) is 31.8 Å². The number of nitrogens with one attached hydrogen (secondary N) is 1. The van der Waals surface area contributed by atoms with Crippen molar-refractivity contribution in [2.75, 3.05) is 18.9 Å². The number of pyridine rings is 1. The van der Waals surface area contributed by atoms with Crippen LogP contribution in [0.2, 0.25) is 0 Å². The summed E-state index contributed by atoms with van der Waals surface area (Å²) in [5, 5.41) is 15.3. The maximum absolute atomic E-state index is 9.68. The Hall–Kier alpha value is -1.81. The predicted octanol–water partition coefficient (Wildman–Crippen LogP) is 2.84. The van der Waals surface area contributed by atoms with Crippen LogP contribution in [-0.2, 0) is 0 Å². The van der Waals surface area contributed by atoms with E-state index in [9.17, 15) is 5.11 Å². The highest BCUT2D eigenvalue weighted by molar-refractivity contribution is 5.92. The van der Waals surface area contributed by atoms with Gasteiger partial charge in [-0.1, -0.05) is 6.07 Å². The van der Waals surface area contributed by atoms with Crippen LogP contribution in [0.1, 0.15) is 19.8 Å². The number of aromatic hydroxyl groups is 1. The topological polar surface area (TPSA) is 48.4 Å². The minimum absolute atomic E-state index is 0.283. The average molecular weight is 271 g/mol. The molecule has 1 aromatic heterocycles. The Morgan fingerprint density at radius 2 is 2.20 bits per heavy atom. The number of rotatable bonds is 2. The van der Waals surface area contributed by atoms with E-state index in [-0.39, 0.29) is 5.75 Å². The molecule has 0 spiro atoms. The van der Waals surface area contributed by atoms with Crippen molar-refractivity contribution in [3.63, 3.8) is 0 Å². The van der Waals surface area contributed by atoms with E-state index in [0.717, 1.165) is 36.0 Å². The third-order valence-corrected chi connectivity index (χ3v) is 4.30. The predicted molar refractivity (Wildman–Crippen MR) is 82.1 cm³/mol. The molecule has 1 saturated heterocycles. The van der Waals surface area contributed by atoms with Crippen LogP contribution in [0.5, 0.6) is 5.75 Å². The standard InChI is InChI=1S/C16H21N3O/c1-11-9-13(6-8-19(11)2)18-16-15-10-14(20)4-3-12(15)5-7-17-16/h3-5,7,10-11,13,20H,6,8-9H2,1-2H3,(H,17,18). The third-order valence-electron chi connectivity index (χ3n) is 4.30. The van der Waals surface area contributed by atoms with Crippen molar-refractivity contribution in [1.29, 1.82) is 0 Å². The van der Waals surface area contributed by atoms with E-state index < -0.39 is 0 Å². The van der Waals surface area contributed by atoms with Crippen molar-refractivity contribution >= 4 is 16.6 Å². The van der Waals surface area contributed by atoms with Gasteiger partial charge in [-0.2, -0.15) is 0 Å². The van der Waals surface area contributed by atoms with Crippen LogP contribution in [0.25, 0.3) is 10.8 Å². The molecule has 2 N–H and O–H groups in total. The first-order chi connectivity index (χ1) is 9.63. The number of benzene rings is 1. The SMILES string of the molecule is CC1CC(Nc2nccc3ccc(O)cc23)CCN1C. The molecule has 2 unspecified atom stereocenters. The smallest absolute Gasteiger partial charge is 0.134 e. The van der Waals surface area contributed by atoms with Gasteiger partial charge in [0.05, 0.1) is 0 Å². The van der Waals surface area contributed by atoms with Gasteiger partial charge in [0.1, 0.15) is 11.6 Å². The van der Waals surface area contributed by atoms with Crippen molar-refractivity contribution in [3.8, 4) is 5.75 Å². The lowest BCUT2D eigenvalue weighted by Gasteiger charge is -2.35. The van der Waals surface area contributed by atoms with Crippen LogP contribution in [-0.4, -0.2) is 40.7 Å². The molecule has 106 valence electrons. The van der Waals surface area contributed by atoms with Crippen LogP contribution >= 0.6 is 0 Å². The number of phenolic OH excluding ortho intramolecular Hbond substituents is 1. The number of anilines is 1. The van der Waals surface area contributed by atoms with Gasteiger partial charge in [-0.3, -0.25) is 0 Å². The molecule has 2 aromatic rings. The molecule has 20 heavy (non-hydrogen) atoms. The highest BCUT2D eigenvalue weighted by Crippen LogP contribution is 2.27. The molecule has 1 aliphatic rings. The number of phenols is 1. The molecule has 0 bridgehead atoms. The second-order valence-electron chi connectivity index (χ2n) is 5.76. The number of likely N-dealkylation sites (tertiary alicyclic amines) is 1. The Balaban J connectivity index is 1.86. The molecule has 0 amide bonds. The normalized spacial score (nSPS) is 23.9. The zero-order valence-electron chi connectivity index (χ0n) is 12.0. The van der Waals surface area contributed by atoms with Gasteiger partial charge in [-0.25, -0.2) is 4.98 Å². The fourth-order valence-electron chi connectivity index (χ4n) is 2.89. The van der Waals surface area contributed by atoms with E-state index in [1.165, 1.54) is 0 Å². The second kappa shape index (κ2) is 5.29. The summed E-state index contributed by atoms with van der Waals surface area (Å²) in [5.41, 5.74) is 0. The molecule has 1 aromatic carbocycles. The van der Waals surface area contributed by atoms with E-state index in [4.69, 9.17) is 0 Å². The summed E-state index contributed by atoms with van der Waals surface area (Å²) < 4.78 is 0. The molecule has 0 radical (unpaired) electrons. The van der Waals surface area contributed by atoms with Crippen LogP contribution in [0.4, 0.5) is 5.82 Å². The summed E-state index contributed by atoms with van der Waals surface area (Å²) >= 11 is 0. The number of hydrogen-bond acceptors (Lipinski definition) is 4. The highest BCUT2D eigenvalue weighted by Gasteiger charge is 2.23. The summed E-state index contributed by atoms with van der Waals surface area (Å²) in [6.45, 7) is 3.37. The zero-order chi connectivity index (χ0) is 14.1. The van der Waals surface area contributed by atoms with Gasteiger partial charge < -0.3 is 15.3 Å². The minimum Gasteiger partial charge on any atom is -0.508 e. The molecule has 0 saturated carbocycles. The Kier molecular flexibility index (Phi) is 3.49. The number of piperidine rings is 1. The maximum Gasteiger partial charge on any atom is 0.134 e. The number of fused-ring (bicyclic) bond motifs is 1. The van der Waals surface area contributed by atoms with Crippen LogP contribution in [0.15, 0.2) is 30.5 Å². The summed E-state index contributed by atoms with van der Waals surface area (Å²) in [6.07, 6.45) is 4.06. The van der Waals surface area contributed by atoms with E-state index in [1.54, 1.807) is 12.1 Å². The van der Waals surface area contributed by atoms with E-state index >= 15 is 0 Å². The fourth-order valence-corrected chi connectivity index (χ4v) is 2.89. The molecule has 4 nitrogen and oxygen atoms in total. The Morgan fingerprint density at radius 3 is 3.00 bits per heavy atom. The molecule has 0 aliphatic carbocycles. The number of aromatic nitrogens is 1. The third kappa shape index (κ3) is 2.56. The van der Waals surface area contributed by atoms with Crippen molar-refractivity contribution < 1.29 is 5.11 Å². The van der Waals surface area contributed by atoms with Gasteiger partial charge in [0.2, 0.25) is 0 Å². The van der Waals surface area contributed by atoms with Gasteiger partial charge in [-0.15, -0.1) is 0 Å². The van der Waals surface area contributed by atoms with Gasteiger partial charge >= 0.3 is 0 Å². The quantitative estimate of drug-likeness (QED) is 0.882. The lowest BCUT2D eigenvalue weighted by Crippen LogP contribution is -2.42. The Labute approximate surface area is 119 Å². The molecule has 1 aliphatic heterocycles. The van der Waals surface area contributed by atoms with Gasteiger partial charge in [-0.05, 0) is 50.4 Å². The molecular formula is C16H21N3O. The lowest BCUT2D eigenvalue weighted by molar-refractivity contribution is 0.190. The average Bonchev–Trinajstić information content (AvgIpc) is 2.44. The fraction of sp³-hybridized carbons (Fsp3) is 0.438. The number of hydrogen-bond donors (Lipinski definition) is 2. The van der Waals surface area contributed by atoms with Crippen molar-refractivity contribution in [2.24, 2.45) is 0 Å².